The third-order valence-corrected chi connectivity index (χ3v) is 4.15. The smallest absolute Gasteiger partial charge is 0.226 e. The number of carbonyl (C=O) groups is 1. The Labute approximate surface area is 118 Å². The highest BCUT2D eigenvalue weighted by Crippen LogP contribution is 2.20. The van der Waals surface area contributed by atoms with E-state index in [2.05, 4.69) is 10.6 Å². The van der Waals surface area contributed by atoms with E-state index in [1.54, 1.807) is 18.2 Å². The van der Waals surface area contributed by atoms with Crippen molar-refractivity contribution >= 4 is 21.4 Å². The molecule has 1 aliphatic heterocycles. The van der Waals surface area contributed by atoms with Gasteiger partial charge in [0.1, 0.15) is 0 Å². The Kier molecular flexibility index (Phi) is 4.74. The Hall–Kier alpha value is -1.44. The minimum absolute atomic E-state index is 0.0332. The van der Waals surface area contributed by atoms with Gasteiger partial charge in [-0.3, -0.25) is 4.79 Å². The van der Waals surface area contributed by atoms with Gasteiger partial charge in [0.2, 0.25) is 5.91 Å². The van der Waals surface area contributed by atoms with E-state index in [1.165, 1.54) is 6.07 Å². The van der Waals surface area contributed by atoms with Gasteiger partial charge in [-0.05, 0) is 12.1 Å². The first-order valence-corrected chi connectivity index (χ1v) is 8.26. The van der Waals surface area contributed by atoms with Crippen LogP contribution in [0.3, 0.4) is 0 Å². The molecule has 0 aromatic heterocycles. The van der Waals surface area contributed by atoms with Crippen molar-refractivity contribution in [1.29, 1.82) is 0 Å². The second kappa shape index (κ2) is 6.34. The van der Waals surface area contributed by atoms with Crippen LogP contribution in [0.4, 0.5) is 5.69 Å². The summed E-state index contributed by atoms with van der Waals surface area (Å²) in [6, 6.07) is 6.34. The maximum atomic E-state index is 12.0. The van der Waals surface area contributed by atoms with Crippen LogP contribution in [0.5, 0.6) is 0 Å². The monoisotopic (exact) mass is 298 g/mol. The van der Waals surface area contributed by atoms with Crippen molar-refractivity contribution in [3.63, 3.8) is 0 Å². The number of para-hydroxylation sites is 1. The second-order valence-electron chi connectivity index (χ2n) is 4.75. The minimum Gasteiger partial charge on any atom is -0.378 e. The number of nitrogens with one attached hydrogen (secondary N) is 2. The van der Waals surface area contributed by atoms with E-state index in [0.29, 0.717) is 18.9 Å². The molecule has 1 unspecified atom stereocenters. The zero-order valence-electron chi connectivity index (χ0n) is 11.3. The largest absolute Gasteiger partial charge is 0.378 e. The van der Waals surface area contributed by atoms with E-state index in [4.69, 9.17) is 4.74 Å². The third kappa shape index (κ3) is 4.03. The molecule has 1 heterocycles. The summed E-state index contributed by atoms with van der Waals surface area (Å²) in [7, 11) is -3.37. The molecule has 0 aliphatic carbocycles. The maximum Gasteiger partial charge on any atom is 0.226 e. The van der Waals surface area contributed by atoms with Gasteiger partial charge in [-0.2, -0.15) is 0 Å². The van der Waals surface area contributed by atoms with Gasteiger partial charge in [0, 0.05) is 25.3 Å². The normalized spacial score (nSPS) is 19.6. The molecule has 110 valence electrons. The molecule has 1 aromatic rings. The first-order valence-electron chi connectivity index (χ1n) is 6.37. The SMILES string of the molecule is CS(=O)(=O)c1ccccc1NC(=O)CC1COCCN1. The highest BCUT2D eigenvalue weighted by molar-refractivity contribution is 7.90. The number of anilines is 1. The number of carbonyl (C=O) groups excluding carboxylic acids is 1. The molecule has 0 radical (unpaired) electrons. The number of benzene rings is 1. The molecule has 0 spiro atoms. The fourth-order valence-corrected chi connectivity index (χ4v) is 2.91. The summed E-state index contributed by atoms with van der Waals surface area (Å²) in [6.45, 7) is 1.86. The van der Waals surface area contributed by atoms with E-state index in [-0.39, 0.29) is 23.3 Å². The van der Waals surface area contributed by atoms with Crippen LogP contribution in [0.1, 0.15) is 6.42 Å². The lowest BCUT2D eigenvalue weighted by Crippen LogP contribution is -2.43. The summed E-state index contributed by atoms with van der Waals surface area (Å²) >= 11 is 0. The van der Waals surface area contributed by atoms with E-state index in [1.807, 2.05) is 0 Å². The molecule has 2 N–H and O–H groups in total. The van der Waals surface area contributed by atoms with Crippen molar-refractivity contribution in [3.05, 3.63) is 24.3 Å². The van der Waals surface area contributed by atoms with Gasteiger partial charge in [0.25, 0.3) is 0 Å². The number of rotatable bonds is 4. The average molecular weight is 298 g/mol. The molecule has 0 saturated carbocycles. The Morgan fingerprint density at radius 3 is 2.85 bits per heavy atom. The molecule has 7 heteroatoms. The first-order chi connectivity index (χ1) is 9.47. The Balaban J connectivity index is 2.04. The summed E-state index contributed by atoms with van der Waals surface area (Å²) in [6.07, 6.45) is 1.37. The molecule has 0 bridgehead atoms. The van der Waals surface area contributed by atoms with Gasteiger partial charge < -0.3 is 15.4 Å². The summed E-state index contributed by atoms with van der Waals surface area (Å²) < 4.78 is 28.6. The van der Waals surface area contributed by atoms with Crippen molar-refractivity contribution in [1.82, 2.24) is 5.32 Å². The number of hydrogen-bond donors (Lipinski definition) is 2. The van der Waals surface area contributed by atoms with E-state index < -0.39 is 9.84 Å². The highest BCUT2D eigenvalue weighted by Gasteiger charge is 2.19. The lowest BCUT2D eigenvalue weighted by molar-refractivity contribution is -0.117. The van der Waals surface area contributed by atoms with Gasteiger partial charge in [-0.15, -0.1) is 0 Å². The summed E-state index contributed by atoms with van der Waals surface area (Å²) in [5, 5.41) is 5.83. The lowest BCUT2D eigenvalue weighted by atomic mass is 10.2. The standard InChI is InChI=1S/C13H18N2O4S/c1-20(17,18)12-5-3-2-4-11(12)15-13(16)8-10-9-19-7-6-14-10/h2-5,10,14H,6-9H2,1H3,(H,15,16). The van der Waals surface area contributed by atoms with Crippen LogP contribution >= 0.6 is 0 Å². The summed E-state index contributed by atoms with van der Waals surface area (Å²) in [5.41, 5.74) is 0.316. The molecule has 20 heavy (non-hydrogen) atoms. The van der Waals surface area contributed by atoms with Crippen LogP contribution in [0.25, 0.3) is 0 Å². The van der Waals surface area contributed by atoms with Crippen LogP contribution in [-0.2, 0) is 19.4 Å². The van der Waals surface area contributed by atoms with Crippen LogP contribution < -0.4 is 10.6 Å². The molecule has 6 nitrogen and oxygen atoms in total. The molecule has 1 saturated heterocycles. The molecular formula is C13H18N2O4S. The third-order valence-electron chi connectivity index (χ3n) is 2.99. The average Bonchev–Trinajstić information content (AvgIpc) is 2.39. The van der Waals surface area contributed by atoms with E-state index in [0.717, 1.165) is 12.8 Å². The van der Waals surface area contributed by atoms with Gasteiger partial charge in [0.05, 0.1) is 23.8 Å². The summed E-state index contributed by atoms with van der Waals surface area (Å²) in [5.74, 6) is -0.232. The fourth-order valence-electron chi connectivity index (χ4n) is 2.07. The van der Waals surface area contributed by atoms with Gasteiger partial charge >= 0.3 is 0 Å². The Bertz CT molecular complexity index is 580. The molecular weight excluding hydrogens is 280 g/mol. The summed E-state index contributed by atoms with van der Waals surface area (Å²) in [4.78, 5) is 12.1. The van der Waals surface area contributed by atoms with Crippen LogP contribution in [0.2, 0.25) is 0 Å². The Morgan fingerprint density at radius 2 is 2.20 bits per heavy atom. The quantitative estimate of drug-likeness (QED) is 0.841. The number of amides is 1. The molecule has 1 fully saturated rings. The van der Waals surface area contributed by atoms with Crippen molar-refractivity contribution in [2.24, 2.45) is 0 Å². The van der Waals surface area contributed by atoms with Crippen molar-refractivity contribution in [2.45, 2.75) is 17.4 Å². The number of morpholine rings is 1. The molecule has 2 rings (SSSR count). The molecule has 1 aliphatic rings. The molecule has 1 atom stereocenters. The first kappa shape index (κ1) is 15.0. The van der Waals surface area contributed by atoms with Gasteiger partial charge in [0.15, 0.2) is 9.84 Å². The van der Waals surface area contributed by atoms with Crippen molar-refractivity contribution in [2.75, 3.05) is 31.3 Å². The lowest BCUT2D eigenvalue weighted by Gasteiger charge is -2.23. The molecule has 1 aromatic carbocycles. The zero-order valence-corrected chi connectivity index (χ0v) is 12.1. The van der Waals surface area contributed by atoms with Crippen molar-refractivity contribution < 1.29 is 17.9 Å². The molecule has 1 amide bonds. The highest BCUT2D eigenvalue weighted by atomic mass is 32.2. The minimum atomic E-state index is -3.37. The number of ether oxygens (including phenoxy) is 1. The topological polar surface area (TPSA) is 84.5 Å². The van der Waals surface area contributed by atoms with E-state index >= 15 is 0 Å². The predicted molar refractivity (Wildman–Crippen MR) is 75.4 cm³/mol. The Morgan fingerprint density at radius 1 is 1.45 bits per heavy atom. The van der Waals surface area contributed by atoms with Crippen LogP contribution in [0.15, 0.2) is 29.2 Å². The number of hydrogen-bond acceptors (Lipinski definition) is 5. The predicted octanol–water partition coefficient (Wildman–Crippen LogP) is 0.407. The van der Waals surface area contributed by atoms with E-state index in [9.17, 15) is 13.2 Å². The van der Waals surface area contributed by atoms with Crippen molar-refractivity contribution in [3.8, 4) is 0 Å². The van der Waals surface area contributed by atoms with Crippen LogP contribution in [-0.4, -0.2) is 46.4 Å². The fraction of sp³-hybridized carbons (Fsp3) is 0.462. The zero-order chi connectivity index (χ0) is 14.6. The number of sulfone groups is 1. The second-order valence-corrected chi connectivity index (χ2v) is 6.73. The van der Waals surface area contributed by atoms with Gasteiger partial charge in [-0.1, -0.05) is 12.1 Å². The van der Waals surface area contributed by atoms with Gasteiger partial charge in [-0.25, -0.2) is 8.42 Å². The van der Waals surface area contributed by atoms with Crippen LogP contribution in [0, 0.1) is 0 Å². The maximum absolute atomic E-state index is 12.0.